The highest BCUT2D eigenvalue weighted by atomic mass is 35.5. The minimum Gasteiger partial charge on any atom is -0.489 e. The largest absolute Gasteiger partial charge is 0.489 e. The lowest BCUT2D eigenvalue weighted by atomic mass is 10.1. The molecule has 234 valence electrons. The highest BCUT2D eigenvalue weighted by Gasteiger charge is 2.27. The number of likely N-dealkylation sites (tertiary alicyclic amines) is 1. The standard InChI is InChI=1S/C32H38ClN5O5S/c1-2-42-31(39)23-44(40,41)38(17-6-8-24-7-5-9-25(21-24)32(34)35)27-11-12-30(29(33)22-27)43-28-14-19-37(20-15-28)18-13-26-10-3-4-16-36-26/h3-12,16,21-22,28H,2,13-15,17-20,23H2,1H3,(H3,34,35)/b8-6+. The number of pyridine rings is 1. The lowest BCUT2D eigenvalue weighted by molar-refractivity contribution is -0.139. The van der Waals surface area contributed by atoms with E-state index in [0.717, 1.165) is 54.5 Å². The van der Waals surface area contributed by atoms with Crippen LogP contribution in [0.5, 0.6) is 5.75 Å². The fourth-order valence-corrected chi connectivity index (χ4v) is 6.40. The molecule has 10 nitrogen and oxygen atoms in total. The van der Waals surface area contributed by atoms with Crippen molar-refractivity contribution < 1.29 is 22.7 Å². The molecule has 1 aromatic heterocycles. The first-order valence-electron chi connectivity index (χ1n) is 14.5. The van der Waals surface area contributed by atoms with Crippen LogP contribution in [-0.4, -0.2) is 74.7 Å². The summed E-state index contributed by atoms with van der Waals surface area (Å²) in [6, 6.07) is 17.8. The molecule has 0 atom stereocenters. The van der Waals surface area contributed by atoms with E-state index in [0.29, 0.717) is 11.3 Å². The number of rotatable bonds is 14. The second kappa shape index (κ2) is 15.7. The number of esters is 1. The van der Waals surface area contributed by atoms with E-state index in [2.05, 4.69) is 9.88 Å². The van der Waals surface area contributed by atoms with Gasteiger partial charge in [-0.2, -0.15) is 0 Å². The maximum atomic E-state index is 13.4. The Labute approximate surface area is 264 Å². The smallest absolute Gasteiger partial charge is 0.323 e. The van der Waals surface area contributed by atoms with E-state index in [1.54, 1.807) is 49.4 Å². The van der Waals surface area contributed by atoms with E-state index in [9.17, 15) is 13.2 Å². The van der Waals surface area contributed by atoms with Gasteiger partial charge in [-0.3, -0.25) is 19.5 Å². The number of ether oxygens (including phenoxy) is 2. The van der Waals surface area contributed by atoms with Crippen LogP contribution in [0.15, 0.2) is 72.9 Å². The van der Waals surface area contributed by atoms with Gasteiger partial charge in [0.25, 0.3) is 0 Å². The molecule has 2 aromatic carbocycles. The van der Waals surface area contributed by atoms with Gasteiger partial charge in [0.1, 0.15) is 17.7 Å². The maximum Gasteiger partial charge on any atom is 0.323 e. The van der Waals surface area contributed by atoms with Crippen molar-refractivity contribution in [3.8, 4) is 5.75 Å². The van der Waals surface area contributed by atoms with Gasteiger partial charge in [-0.15, -0.1) is 0 Å². The lowest BCUT2D eigenvalue weighted by Crippen LogP contribution is -2.39. The van der Waals surface area contributed by atoms with Crippen LogP contribution in [0.1, 0.15) is 36.6 Å². The molecule has 0 aliphatic carbocycles. The Morgan fingerprint density at radius 3 is 2.64 bits per heavy atom. The van der Waals surface area contributed by atoms with Gasteiger partial charge in [0.05, 0.1) is 23.9 Å². The first-order chi connectivity index (χ1) is 21.1. The molecule has 1 aliphatic rings. The summed E-state index contributed by atoms with van der Waals surface area (Å²) in [6.07, 6.45) is 7.76. The molecule has 0 amide bonds. The third-order valence-corrected chi connectivity index (χ3v) is 9.09. The molecule has 0 unspecified atom stereocenters. The minimum atomic E-state index is -4.12. The molecule has 0 saturated carbocycles. The average molecular weight is 640 g/mol. The third kappa shape index (κ3) is 9.54. The number of aromatic nitrogens is 1. The summed E-state index contributed by atoms with van der Waals surface area (Å²) in [5.74, 6) is -1.25. The number of carbonyl (C=O) groups is 1. The van der Waals surface area contributed by atoms with Crippen molar-refractivity contribution in [2.24, 2.45) is 5.73 Å². The fourth-order valence-electron chi connectivity index (χ4n) is 4.89. The number of nitrogens with two attached hydrogens (primary N) is 1. The number of nitrogen functional groups attached to an aromatic ring is 1. The molecule has 0 spiro atoms. The number of nitrogens with one attached hydrogen (secondary N) is 1. The molecule has 1 aliphatic heterocycles. The summed E-state index contributed by atoms with van der Waals surface area (Å²) in [7, 11) is -4.12. The van der Waals surface area contributed by atoms with Crippen molar-refractivity contribution in [2.45, 2.75) is 32.3 Å². The van der Waals surface area contributed by atoms with Crippen molar-refractivity contribution >= 4 is 45.2 Å². The van der Waals surface area contributed by atoms with Crippen LogP contribution in [0.2, 0.25) is 5.02 Å². The minimum absolute atomic E-state index is 0.0122. The van der Waals surface area contributed by atoms with Crippen molar-refractivity contribution in [1.82, 2.24) is 9.88 Å². The monoisotopic (exact) mass is 639 g/mol. The van der Waals surface area contributed by atoms with E-state index in [1.807, 2.05) is 30.5 Å². The molecular weight excluding hydrogens is 602 g/mol. The second-order valence-corrected chi connectivity index (χ2v) is 12.7. The van der Waals surface area contributed by atoms with Crippen LogP contribution in [0.3, 0.4) is 0 Å². The molecule has 2 heterocycles. The molecule has 44 heavy (non-hydrogen) atoms. The Morgan fingerprint density at radius 2 is 1.95 bits per heavy atom. The van der Waals surface area contributed by atoms with Crippen LogP contribution in [0, 0.1) is 5.41 Å². The number of sulfonamides is 1. The lowest BCUT2D eigenvalue weighted by Gasteiger charge is -2.32. The molecule has 12 heteroatoms. The van der Waals surface area contributed by atoms with Gasteiger partial charge in [0.2, 0.25) is 10.0 Å². The van der Waals surface area contributed by atoms with Crippen molar-refractivity contribution in [3.63, 3.8) is 0 Å². The number of anilines is 1. The number of hydrogen-bond acceptors (Lipinski definition) is 8. The number of carbonyl (C=O) groups excluding carboxylic acids is 1. The number of hydrogen-bond donors (Lipinski definition) is 2. The zero-order valence-electron chi connectivity index (χ0n) is 24.7. The number of nitrogens with zero attached hydrogens (tertiary/aromatic N) is 3. The Balaban J connectivity index is 1.43. The van der Waals surface area contributed by atoms with E-state index in [-0.39, 0.29) is 35.8 Å². The first kappa shape index (κ1) is 33.0. The number of piperidine rings is 1. The highest BCUT2D eigenvalue weighted by Crippen LogP contribution is 2.33. The summed E-state index contributed by atoms with van der Waals surface area (Å²) in [5.41, 5.74) is 8.25. The molecule has 3 aromatic rings. The van der Waals surface area contributed by atoms with Crippen molar-refractivity contribution in [3.05, 3.63) is 94.8 Å². The number of amidine groups is 1. The first-order valence-corrected chi connectivity index (χ1v) is 16.5. The Morgan fingerprint density at radius 1 is 1.16 bits per heavy atom. The van der Waals surface area contributed by atoms with Gasteiger partial charge < -0.3 is 20.1 Å². The zero-order valence-corrected chi connectivity index (χ0v) is 26.3. The molecular formula is C32H38ClN5O5S. The summed E-state index contributed by atoms with van der Waals surface area (Å²) in [5, 5.41) is 7.91. The van der Waals surface area contributed by atoms with Gasteiger partial charge in [-0.05, 0) is 61.7 Å². The van der Waals surface area contributed by atoms with Crippen LogP contribution in [-0.2, 0) is 26.0 Å². The van der Waals surface area contributed by atoms with Crippen LogP contribution < -0.4 is 14.8 Å². The molecule has 4 rings (SSSR count). The molecule has 3 N–H and O–H groups in total. The van der Waals surface area contributed by atoms with Crippen LogP contribution >= 0.6 is 11.6 Å². The average Bonchev–Trinajstić information content (AvgIpc) is 3.00. The summed E-state index contributed by atoms with van der Waals surface area (Å²) in [4.78, 5) is 18.9. The second-order valence-electron chi connectivity index (χ2n) is 10.4. The SMILES string of the molecule is CCOC(=O)CS(=O)(=O)N(C/C=C/c1cccc(C(=N)N)c1)c1ccc(OC2CCN(CCc3ccccn3)CC2)c(Cl)c1. The van der Waals surface area contributed by atoms with Crippen molar-refractivity contribution in [2.75, 3.05) is 42.8 Å². The number of benzene rings is 2. The van der Waals surface area contributed by atoms with E-state index >= 15 is 0 Å². The maximum absolute atomic E-state index is 13.4. The van der Waals surface area contributed by atoms with Gasteiger partial charge in [-0.1, -0.05) is 48.0 Å². The van der Waals surface area contributed by atoms with Gasteiger partial charge in [0, 0.05) is 43.5 Å². The van der Waals surface area contributed by atoms with Gasteiger partial charge >= 0.3 is 5.97 Å². The summed E-state index contributed by atoms with van der Waals surface area (Å²) in [6.45, 7) is 4.35. The Kier molecular flexibility index (Phi) is 11.8. The predicted molar refractivity (Wildman–Crippen MR) is 174 cm³/mol. The molecule has 1 saturated heterocycles. The quantitative estimate of drug-likeness (QED) is 0.149. The van der Waals surface area contributed by atoms with Gasteiger partial charge in [0.15, 0.2) is 5.75 Å². The van der Waals surface area contributed by atoms with Crippen LogP contribution in [0.4, 0.5) is 5.69 Å². The molecule has 1 fully saturated rings. The van der Waals surface area contributed by atoms with Crippen LogP contribution in [0.25, 0.3) is 6.08 Å². The number of halogens is 1. The van der Waals surface area contributed by atoms with E-state index in [4.69, 9.17) is 32.2 Å². The Hall–Kier alpha value is -3.93. The molecule has 0 bridgehead atoms. The molecule has 0 radical (unpaired) electrons. The zero-order chi connectivity index (χ0) is 31.5. The normalized spacial score (nSPS) is 14.4. The third-order valence-electron chi connectivity index (χ3n) is 7.16. The summed E-state index contributed by atoms with van der Waals surface area (Å²) >= 11 is 6.62. The predicted octanol–water partition coefficient (Wildman–Crippen LogP) is 4.52. The van der Waals surface area contributed by atoms with E-state index < -0.39 is 21.7 Å². The topological polar surface area (TPSA) is 139 Å². The van der Waals surface area contributed by atoms with Gasteiger partial charge in [-0.25, -0.2) is 8.42 Å². The fraction of sp³-hybridized carbons (Fsp3) is 0.344. The van der Waals surface area contributed by atoms with E-state index in [1.165, 1.54) is 6.07 Å². The highest BCUT2D eigenvalue weighted by molar-refractivity contribution is 7.93. The summed E-state index contributed by atoms with van der Waals surface area (Å²) < 4.78 is 39.0. The van der Waals surface area contributed by atoms with Crippen molar-refractivity contribution in [1.29, 1.82) is 5.41 Å². The Bertz CT molecular complexity index is 1560.